The molecule has 3 N–H and O–H groups in total. The van der Waals surface area contributed by atoms with Crippen LogP contribution in [-0.4, -0.2) is 26.7 Å². The van der Waals surface area contributed by atoms with E-state index in [2.05, 4.69) is 13.8 Å². The van der Waals surface area contributed by atoms with Crippen LogP contribution in [0.15, 0.2) is 0 Å². The monoisotopic (exact) mass is 202 g/mol. The summed E-state index contributed by atoms with van der Waals surface area (Å²) in [5.74, 6) is -1.73. The third-order valence-corrected chi connectivity index (χ3v) is 4.20. The fourth-order valence-electron chi connectivity index (χ4n) is 2.47. The van der Waals surface area contributed by atoms with E-state index < -0.39 is 11.4 Å². The molecule has 3 atom stereocenters. The van der Waals surface area contributed by atoms with Crippen LogP contribution >= 0.6 is 0 Å². The molecule has 3 heteroatoms. The first-order valence-corrected chi connectivity index (χ1v) is 5.32. The highest BCUT2D eigenvalue weighted by molar-refractivity contribution is 5.01. The molecule has 0 saturated heterocycles. The molecule has 1 fully saturated rings. The van der Waals surface area contributed by atoms with Gasteiger partial charge in [-0.05, 0) is 24.7 Å². The minimum absolute atomic E-state index is 0.00153. The van der Waals surface area contributed by atoms with Gasteiger partial charge < -0.3 is 15.3 Å². The minimum atomic E-state index is -1.94. The van der Waals surface area contributed by atoms with Gasteiger partial charge in [0.05, 0.1) is 0 Å². The van der Waals surface area contributed by atoms with E-state index in [1.54, 1.807) is 0 Å². The Labute approximate surface area is 85.8 Å². The zero-order valence-corrected chi connectivity index (χ0v) is 9.54. The molecule has 2 unspecified atom stereocenters. The van der Waals surface area contributed by atoms with Crippen molar-refractivity contribution in [3.05, 3.63) is 0 Å². The molecule has 0 bridgehead atoms. The van der Waals surface area contributed by atoms with E-state index in [9.17, 15) is 15.3 Å². The quantitative estimate of drug-likeness (QED) is 0.561. The molecular weight excluding hydrogens is 180 g/mol. The van der Waals surface area contributed by atoms with E-state index in [4.69, 9.17) is 0 Å². The first-order chi connectivity index (χ1) is 6.15. The second kappa shape index (κ2) is 3.19. The summed E-state index contributed by atoms with van der Waals surface area (Å²) in [4.78, 5) is 0. The van der Waals surface area contributed by atoms with Gasteiger partial charge >= 0.3 is 0 Å². The third-order valence-electron chi connectivity index (χ3n) is 4.20. The topological polar surface area (TPSA) is 60.7 Å². The van der Waals surface area contributed by atoms with Gasteiger partial charge in [-0.15, -0.1) is 0 Å². The van der Waals surface area contributed by atoms with Crippen molar-refractivity contribution >= 4 is 0 Å². The highest BCUT2D eigenvalue weighted by atomic mass is 16.5. The summed E-state index contributed by atoms with van der Waals surface area (Å²) >= 11 is 0. The lowest BCUT2D eigenvalue weighted by Gasteiger charge is -2.52. The summed E-state index contributed by atoms with van der Waals surface area (Å²) in [5.41, 5.74) is -1.40. The first kappa shape index (κ1) is 12.0. The summed E-state index contributed by atoms with van der Waals surface area (Å²) in [6, 6.07) is 0. The van der Waals surface area contributed by atoms with Crippen LogP contribution in [-0.2, 0) is 0 Å². The lowest BCUT2D eigenvalue weighted by molar-refractivity contribution is -0.309. The molecule has 3 nitrogen and oxygen atoms in total. The summed E-state index contributed by atoms with van der Waals surface area (Å²) in [7, 11) is 0. The molecule has 0 aliphatic heterocycles. The normalized spacial score (nSPS) is 47.8. The molecule has 0 spiro atoms. The average Bonchev–Trinajstić information content (AvgIpc) is 2.00. The van der Waals surface area contributed by atoms with Gasteiger partial charge in [0.1, 0.15) is 5.60 Å². The fourth-order valence-corrected chi connectivity index (χ4v) is 2.47. The minimum Gasteiger partial charge on any atom is -0.385 e. The van der Waals surface area contributed by atoms with Crippen molar-refractivity contribution in [1.82, 2.24) is 0 Å². The molecule has 1 aliphatic rings. The number of rotatable bonds is 1. The SMILES string of the molecule is CCC1(C)CC(C)(O)C(O)(O)C[C@@H]1C. The predicted octanol–water partition coefficient (Wildman–Crippen LogP) is 1.26. The Balaban J connectivity index is 2.95. The first-order valence-electron chi connectivity index (χ1n) is 5.32. The summed E-state index contributed by atoms with van der Waals surface area (Å²) in [6.45, 7) is 7.70. The van der Waals surface area contributed by atoms with E-state index in [0.29, 0.717) is 6.42 Å². The second-order valence-electron chi connectivity index (χ2n) is 5.38. The number of hydrogen-bond acceptors (Lipinski definition) is 3. The van der Waals surface area contributed by atoms with E-state index >= 15 is 0 Å². The van der Waals surface area contributed by atoms with Gasteiger partial charge in [0, 0.05) is 6.42 Å². The molecule has 1 rings (SSSR count). The molecule has 14 heavy (non-hydrogen) atoms. The van der Waals surface area contributed by atoms with Crippen LogP contribution in [0.3, 0.4) is 0 Å². The average molecular weight is 202 g/mol. The summed E-state index contributed by atoms with van der Waals surface area (Å²) in [6.07, 6.45) is 1.62. The molecule has 0 aromatic rings. The largest absolute Gasteiger partial charge is 0.385 e. The lowest BCUT2D eigenvalue weighted by Crippen LogP contribution is -2.60. The summed E-state index contributed by atoms with van der Waals surface area (Å²) in [5, 5.41) is 29.4. The van der Waals surface area contributed by atoms with E-state index in [1.165, 1.54) is 6.92 Å². The highest BCUT2D eigenvalue weighted by Gasteiger charge is 2.55. The number of aliphatic hydroxyl groups is 3. The molecular formula is C11H22O3. The van der Waals surface area contributed by atoms with Gasteiger partial charge in [0.2, 0.25) is 0 Å². The van der Waals surface area contributed by atoms with Crippen LogP contribution in [0.2, 0.25) is 0 Å². The second-order valence-corrected chi connectivity index (χ2v) is 5.38. The maximum absolute atomic E-state index is 9.99. The van der Waals surface area contributed by atoms with Crippen LogP contribution in [0.4, 0.5) is 0 Å². The molecule has 0 aromatic carbocycles. The Kier molecular flexibility index (Phi) is 2.72. The van der Waals surface area contributed by atoms with Crippen LogP contribution in [0.1, 0.15) is 47.0 Å². The third kappa shape index (κ3) is 1.69. The van der Waals surface area contributed by atoms with Crippen molar-refractivity contribution in [2.75, 3.05) is 0 Å². The maximum atomic E-state index is 9.99. The van der Waals surface area contributed by atoms with Crippen molar-refractivity contribution in [3.8, 4) is 0 Å². The van der Waals surface area contributed by atoms with Crippen molar-refractivity contribution in [3.63, 3.8) is 0 Å². The van der Waals surface area contributed by atoms with Gasteiger partial charge in [-0.25, -0.2) is 0 Å². The molecule has 84 valence electrons. The van der Waals surface area contributed by atoms with E-state index in [-0.39, 0.29) is 17.8 Å². The predicted molar refractivity (Wildman–Crippen MR) is 54.6 cm³/mol. The molecule has 1 saturated carbocycles. The van der Waals surface area contributed by atoms with Crippen molar-refractivity contribution < 1.29 is 15.3 Å². The van der Waals surface area contributed by atoms with Crippen LogP contribution < -0.4 is 0 Å². The maximum Gasteiger partial charge on any atom is 0.192 e. The fraction of sp³-hybridized carbons (Fsp3) is 1.00. The Hall–Kier alpha value is -0.120. The zero-order chi connectivity index (χ0) is 11.2. The van der Waals surface area contributed by atoms with Crippen molar-refractivity contribution in [2.24, 2.45) is 11.3 Å². The van der Waals surface area contributed by atoms with Crippen LogP contribution in [0.25, 0.3) is 0 Å². The Morgan fingerprint density at radius 1 is 1.21 bits per heavy atom. The van der Waals surface area contributed by atoms with E-state index in [1.807, 2.05) is 6.92 Å². The van der Waals surface area contributed by atoms with Crippen molar-refractivity contribution in [1.29, 1.82) is 0 Å². The lowest BCUT2D eigenvalue weighted by atomic mass is 9.60. The highest BCUT2D eigenvalue weighted by Crippen LogP contribution is 2.50. The van der Waals surface area contributed by atoms with Gasteiger partial charge in [0.25, 0.3) is 0 Å². The summed E-state index contributed by atoms with van der Waals surface area (Å²) < 4.78 is 0. The Morgan fingerprint density at radius 2 is 1.71 bits per heavy atom. The van der Waals surface area contributed by atoms with Crippen molar-refractivity contribution in [2.45, 2.75) is 58.3 Å². The smallest absolute Gasteiger partial charge is 0.192 e. The zero-order valence-electron chi connectivity index (χ0n) is 9.54. The molecule has 0 aromatic heterocycles. The van der Waals surface area contributed by atoms with E-state index in [0.717, 1.165) is 6.42 Å². The Morgan fingerprint density at radius 3 is 2.14 bits per heavy atom. The molecule has 0 heterocycles. The molecule has 0 amide bonds. The number of hydrogen-bond donors (Lipinski definition) is 3. The molecule has 0 radical (unpaired) electrons. The Bertz CT molecular complexity index is 220. The standard InChI is InChI=1S/C11H22O3/c1-5-9(3)7-10(4,12)11(13,14)6-8(9)2/h8,12-14H,5-7H2,1-4H3/t8-,9?,10?/m0/s1. The van der Waals surface area contributed by atoms with Gasteiger partial charge in [-0.1, -0.05) is 27.2 Å². The molecule has 1 aliphatic carbocycles. The van der Waals surface area contributed by atoms with Gasteiger partial charge in [-0.3, -0.25) is 0 Å². The van der Waals surface area contributed by atoms with Gasteiger partial charge in [0.15, 0.2) is 5.79 Å². The van der Waals surface area contributed by atoms with Crippen LogP contribution in [0, 0.1) is 11.3 Å². The van der Waals surface area contributed by atoms with Gasteiger partial charge in [-0.2, -0.15) is 0 Å². The van der Waals surface area contributed by atoms with Crippen LogP contribution in [0.5, 0.6) is 0 Å².